The zero-order valence-corrected chi connectivity index (χ0v) is 38.0. The molecule has 2 aromatic carbocycles. The summed E-state index contributed by atoms with van der Waals surface area (Å²) in [4.78, 5) is 42.5. The fourth-order valence-electron chi connectivity index (χ4n) is 11.4. The molecule has 4 aliphatic rings. The van der Waals surface area contributed by atoms with E-state index in [4.69, 9.17) is 0 Å². The quantitative estimate of drug-likeness (QED) is 0.0765. The molecule has 14 heteroatoms. The Hall–Kier alpha value is -5.34. The Kier molecular flexibility index (Phi) is 12.8. The maximum absolute atomic E-state index is 14.0. The van der Waals surface area contributed by atoms with Crippen molar-refractivity contribution < 1.29 is 18.1 Å². The van der Waals surface area contributed by atoms with E-state index in [1.807, 2.05) is 30.5 Å². The Morgan fingerprint density at radius 2 is 1.69 bits per heavy atom. The fraction of sp³-hybridized carbons (Fsp3) is 0.500. The third kappa shape index (κ3) is 9.40. The molecular formula is C50H62N8O5S. The summed E-state index contributed by atoms with van der Waals surface area (Å²) in [6, 6.07) is 20.7. The van der Waals surface area contributed by atoms with Crippen LogP contribution >= 0.6 is 0 Å². The van der Waals surface area contributed by atoms with Crippen molar-refractivity contribution in [3.8, 4) is 0 Å². The van der Waals surface area contributed by atoms with Gasteiger partial charge in [0.2, 0.25) is 0 Å². The summed E-state index contributed by atoms with van der Waals surface area (Å²) >= 11 is 0. The molecule has 3 aromatic heterocycles. The fourth-order valence-corrected chi connectivity index (χ4v) is 12.3. The van der Waals surface area contributed by atoms with E-state index in [1.165, 1.54) is 68.8 Å². The van der Waals surface area contributed by atoms with E-state index in [0.29, 0.717) is 47.9 Å². The number of hydrogen-bond acceptors (Lipinski definition) is 10. The standard InChI is InChI=1S/C50H62N8O5S/c1-34(2)41-11-6-7-12-43(41)45-13-8-24-57(45)39-16-19-50(20-17-39)21-25-56(26-22-50)40-14-15-42(38(29-40)28-36-27-37-18-23-51-48(37)54-32-36)49(59)55-64(62,63)47-30-46(58(60)61)44(33-53-47)52-31-35-9-4-3-5-10-35/h6-7,11-12,14-15,18,23,27,29-30,32-35,39,45,52H,3-5,8-10,13,16-17,19-22,24-26,28,31H2,1-2H3,(H,51,54)(H,55,59). The van der Waals surface area contributed by atoms with Crippen molar-refractivity contribution in [2.75, 3.05) is 36.4 Å². The van der Waals surface area contributed by atoms with Gasteiger partial charge in [0.05, 0.1) is 17.2 Å². The van der Waals surface area contributed by atoms with Gasteiger partial charge in [-0.3, -0.25) is 19.8 Å². The van der Waals surface area contributed by atoms with Crippen LogP contribution in [0.1, 0.15) is 142 Å². The summed E-state index contributed by atoms with van der Waals surface area (Å²) in [5.41, 5.74) is 6.57. The Morgan fingerprint density at radius 1 is 0.906 bits per heavy atom. The molecule has 0 radical (unpaired) electrons. The number of aromatic nitrogens is 3. The van der Waals surface area contributed by atoms with Crippen molar-refractivity contribution in [2.24, 2.45) is 11.3 Å². The number of aromatic amines is 1. The van der Waals surface area contributed by atoms with E-state index in [-0.39, 0.29) is 11.3 Å². The average Bonchev–Trinajstić information content (AvgIpc) is 3.99. The number of sulfonamides is 1. The third-order valence-electron chi connectivity index (χ3n) is 15.0. The molecule has 13 nitrogen and oxygen atoms in total. The van der Waals surface area contributed by atoms with Crippen LogP contribution in [0.15, 0.2) is 84.3 Å². The van der Waals surface area contributed by atoms with Gasteiger partial charge in [0.1, 0.15) is 11.3 Å². The number of benzene rings is 2. The normalized spacial score (nSPS) is 20.0. The lowest BCUT2D eigenvalue weighted by Crippen LogP contribution is -2.46. The van der Waals surface area contributed by atoms with Gasteiger partial charge in [0, 0.05) is 60.7 Å². The molecule has 338 valence electrons. The van der Waals surface area contributed by atoms with E-state index in [1.54, 1.807) is 12.3 Å². The second kappa shape index (κ2) is 18.6. The monoisotopic (exact) mass is 886 g/mol. The van der Waals surface area contributed by atoms with E-state index in [9.17, 15) is 23.3 Å². The Balaban J connectivity index is 0.894. The van der Waals surface area contributed by atoms with Gasteiger partial charge in [0.25, 0.3) is 21.6 Å². The van der Waals surface area contributed by atoms with Crippen molar-refractivity contribution in [3.05, 3.63) is 117 Å². The first-order valence-electron chi connectivity index (χ1n) is 23.6. The third-order valence-corrected chi connectivity index (χ3v) is 16.2. The molecule has 1 amide bonds. The van der Waals surface area contributed by atoms with Crippen molar-refractivity contribution in [1.29, 1.82) is 0 Å². The molecule has 0 bridgehead atoms. The number of carbonyl (C=O) groups is 1. The minimum absolute atomic E-state index is 0.155. The van der Waals surface area contributed by atoms with Crippen molar-refractivity contribution in [3.63, 3.8) is 0 Å². The van der Waals surface area contributed by atoms with Gasteiger partial charge in [0.15, 0.2) is 5.03 Å². The molecule has 5 heterocycles. The SMILES string of the molecule is CC(C)c1ccccc1C1CCCN1C1CCC2(CC1)CCN(c1ccc(C(=O)NS(=O)(=O)c3cc([N+](=O)[O-])c(NCC4CCCCC4)cn3)c(Cc3cnc4[nH]ccc4c3)c1)CC2. The highest BCUT2D eigenvalue weighted by Gasteiger charge is 2.42. The number of likely N-dealkylation sites (tertiary alicyclic amines) is 1. The number of anilines is 2. The molecule has 4 fully saturated rings. The molecule has 2 aliphatic heterocycles. The zero-order valence-electron chi connectivity index (χ0n) is 37.2. The lowest BCUT2D eigenvalue weighted by molar-refractivity contribution is -0.384. The Morgan fingerprint density at radius 3 is 2.45 bits per heavy atom. The number of nitrogens with one attached hydrogen (secondary N) is 3. The van der Waals surface area contributed by atoms with Crippen LogP contribution in [0.25, 0.3) is 11.0 Å². The van der Waals surface area contributed by atoms with Crippen molar-refractivity contribution in [2.45, 2.75) is 127 Å². The minimum Gasteiger partial charge on any atom is -0.378 e. The van der Waals surface area contributed by atoms with Gasteiger partial charge < -0.3 is 15.2 Å². The minimum atomic E-state index is -4.58. The second-order valence-corrected chi connectivity index (χ2v) is 20.9. The van der Waals surface area contributed by atoms with Crippen LogP contribution in [-0.4, -0.2) is 71.3 Å². The van der Waals surface area contributed by atoms with Crippen LogP contribution in [0, 0.1) is 21.4 Å². The molecule has 2 saturated carbocycles. The highest BCUT2D eigenvalue weighted by Crippen LogP contribution is 2.49. The van der Waals surface area contributed by atoms with E-state index >= 15 is 0 Å². The summed E-state index contributed by atoms with van der Waals surface area (Å²) in [6.07, 6.45) is 20.3. The number of nitro groups is 1. The molecule has 1 atom stereocenters. The largest absolute Gasteiger partial charge is 0.378 e. The lowest BCUT2D eigenvalue weighted by Gasteiger charge is -2.48. The first-order valence-corrected chi connectivity index (χ1v) is 25.0. The van der Waals surface area contributed by atoms with E-state index < -0.39 is 31.6 Å². The number of pyridine rings is 2. The van der Waals surface area contributed by atoms with Crippen LogP contribution < -0.4 is 14.9 Å². The van der Waals surface area contributed by atoms with Gasteiger partial charge in [-0.2, -0.15) is 8.42 Å². The maximum Gasteiger partial charge on any atom is 0.296 e. The smallest absolute Gasteiger partial charge is 0.296 e. The Bertz CT molecular complexity index is 2590. The summed E-state index contributed by atoms with van der Waals surface area (Å²) < 4.78 is 29.6. The maximum atomic E-state index is 14.0. The molecule has 1 unspecified atom stereocenters. The van der Waals surface area contributed by atoms with Gasteiger partial charge in [-0.05, 0) is 147 Å². The summed E-state index contributed by atoms with van der Waals surface area (Å²) in [7, 11) is -4.58. The van der Waals surface area contributed by atoms with Gasteiger partial charge in [-0.25, -0.2) is 14.7 Å². The number of H-pyrrole nitrogens is 1. The zero-order chi connectivity index (χ0) is 44.4. The molecule has 1 spiro atoms. The van der Waals surface area contributed by atoms with Crippen LogP contribution in [0.3, 0.4) is 0 Å². The molecule has 3 N–H and O–H groups in total. The first-order chi connectivity index (χ1) is 30.9. The number of nitrogens with zero attached hydrogens (tertiary/aromatic N) is 5. The van der Waals surface area contributed by atoms with Gasteiger partial charge >= 0.3 is 0 Å². The van der Waals surface area contributed by atoms with Crippen LogP contribution in [0.4, 0.5) is 17.1 Å². The van der Waals surface area contributed by atoms with E-state index in [2.05, 4.69) is 72.9 Å². The number of fused-ring (bicyclic) bond motifs is 1. The molecule has 5 aromatic rings. The number of amides is 1. The number of carbonyl (C=O) groups excluding carboxylic acids is 1. The molecule has 9 rings (SSSR count). The summed E-state index contributed by atoms with van der Waals surface area (Å²) in [6.45, 7) is 8.16. The lowest BCUT2D eigenvalue weighted by atomic mass is 9.66. The number of rotatable bonds is 13. The number of hydrogen-bond donors (Lipinski definition) is 3. The van der Waals surface area contributed by atoms with Gasteiger partial charge in [-0.1, -0.05) is 57.4 Å². The second-order valence-electron chi connectivity index (χ2n) is 19.3. The van der Waals surface area contributed by atoms with Crippen molar-refractivity contribution >= 4 is 44.0 Å². The topological polar surface area (TPSA) is 166 Å². The van der Waals surface area contributed by atoms with Gasteiger partial charge in [-0.15, -0.1) is 0 Å². The van der Waals surface area contributed by atoms with Crippen LogP contribution in [-0.2, 0) is 16.4 Å². The average molecular weight is 887 g/mol. The van der Waals surface area contributed by atoms with Crippen molar-refractivity contribution in [1.82, 2.24) is 24.6 Å². The summed E-state index contributed by atoms with van der Waals surface area (Å²) in [5.74, 6) is 0.0761. The van der Waals surface area contributed by atoms with Crippen LogP contribution in [0.5, 0.6) is 0 Å². The highest BCUT2D eigenvalue weighted by molar-refractivity contribution is 7.90. The predicted octanol–water partition coefficient (Wildman–Crippen LogP) is 10.1. The molecule has 64 heavy (non-hydrogen) atoms. The first kappa shape index (κ1) is 43.9. The molecule has 2 aliphatic carbocycles. The highest BCUT2D eigenvalue weighted by atomic mass is 32.2. The molecular weight excluding hydrogens is 825 g/mol. The molecule has 2 saturated heterocycles. The predicted molar refractivity (Wildman–Crippen MR) is 251 cm³/mol. The number of piperidine rings is 1. The van der Waals surface area contributed by atoms with E-state index in [0.717, 1.165) is 80.0 Å². The van der Waals surface area contributed by atoms with Crippen LogP contribution in [0.2, 0.25) is 0 Å². The Labute approximate surface area is 377 Å². The summed E-state index contributed by atoms with van der Waals surface area (Å²) in [5, 5.41) is 15.6.